The molecule has 144 valence electrons. The fourth-order valence-electron chi connectivity index (χ4n) is 4.10. The van der Waals surface area contributed by atoms with E-state index in [-0.39, 0.29) is 0 Å². The average molecular weight is 385 g/mol. The fraction of sp³-hybridized carbons (Fsp3) is 0.167. The Labute approximate surface area is 168 Å². The molecule has 1 spiro atoms. The predicted octanol–water partition coefficient (Wildman–Crippen LogP) is 4.09. The van der Waals surface area contributed by atoms with Crippen LogP contribution in [0.2, 0.25) is 0 Å². The topological polar surface area (TPSA) is 55.8 Å². The molecular formula is C24H19NO4. The second-order valence-electron chi connectivity index (χ2n) is 7.33. The Kier molecular flexibility index (Phi) is 4.00. The molecule has 3 atom stereocenters. The van der Waals surface area contributed by atoms with E-state index in [1.807, 2.05) is 91.9 Å². The van der Waals surface area contributed by atoms with Crippen molar-refractivity contribution in [2.75, 3.05) is 4.90 Å². The summed E-state index contributed by atoms with van der Waals surface area (Å²) in [6.07, 6.45) is -0.907. The number of para-hydroxylation sites is 1. The van der Waals surface area contributed by atoms with Crippen molar-refractivity contribution in [2.45, 2.75) is 24.9 Å². The molecule has 29 heavy (non-hydrogen) atoms. The van der Waals surface area contributed by atoms with Crippen LogP contribution in [-0.2, 0) is 19.1 Å². The minimum absolute atomic E-state index is 0.405. The van der Waals surface area contributed by atoms with E-state index in [1.165, 1.54) is 0 Å². The van der Waals surface area contributed by atoms with Crippen molar-refractivity contribution in [3.05, 3.63) is 102 Å². The molecule has 3 aromatic carbocycles. The van der Waals surface area contributed by atoms with Crippen LogP contribution in [0.5, 0.6) is 0 Å². The molecule has 2 aliphatic rings. The molecule has 5 rings (SSSR count). The molecule has 0 aromatic heterocycles. The van der Waals surface area contributed by atoms with Crippen LogP contribution in [-0.4, -0.2) is 17.5 Å². The summed E-state index contributed by atoms with van der Waals surface area (Å²) in [4.78, 5) is 28.0. The van der Waals surface area contributed by atoms with Crippen LogP contribution in [0.15, 0.2) is 84.9 Å². The summed E-state index contributed by atoms with van der Waals surface area (Å²) in [5.74, 6) is -1.05. The number of carbonyl (C=O) groups excluding carboxylic acids is 2. The van der Waals surface area contributed by atoms with Crippen molar-refractivity contribution >= 4 is 17.6 Å². The third-order valence-electron chi connectivity index (χ3n) is 5.45. The number of rotatable bonds is 3. The number of aryl methyl sites for hydroxylation is 1. The molecule has 5 heteroatoms. The number of hydrogen-bond donors (Lipinski definition) is 0. The lowest BCUT2D eigenvalue weighted by Gasteiger charge is -2.50. The maximum Gasteiger partial charge on any atom is 0.353 e. The zero-order valence-electron chi connectivity index (χ0n) is 15.8. The Morgan fingerprint density at radius 1 is 0.828 bits per heavy atom. The number of cyclic esters (lactones) is 1. The summed E-state index contributed by atoms with van der Waals surface area (Å²) in [6, 6.07) is 25.7. The molecule has 2 heterocycles. The van der Waals surface area contributed by atoms with Gasteiger partial charge in [0.05, 0.1) is 0 Å². The van der Waals surface area contributed by atoms with Gasteiger partial charge >= 0.3 is 5.97 Å². The van der Waals surface area contributed by atoms with Gasteiger partial charge in [-0.2, -0.15) is 0 Å². The van der Waals surface area contributed by atoms with Crippen LogP contribution >= 0.6 is 0 Å². The normalized spacial score (nSPS) is 25.8. The maximum atomic E-state index is 13.3. The lowest BCUT2D eigenvalue weighted by atomic mass is 9.77. The third-order valence-corrected chi connectivity index (χ3v) is 5.45. The van der Waals surface area contributed by atoms with Crippen molar-refractivity contribution in [3.8, 4) is 0 Å². The minimum Gasteiger partial charge on any atom is -0.429 e. The summed E-state index contributed by atoms with van der Waals surface area (Å²) >= 11 is 0. The van der Waals surface area contributed by atoms with Gasteiger partial charge in [-0.1, -0.05) is 72.3 Å². The molecule has 0 unspecified atom stereocenters. The monoisotopic (exact) mass is 385 g/mol. The molecule has 5 nitrogen and oxygen atoms in total. The molecule has 1 amide bonds. The van der Waals surface area contributed by atoms with E-state index in [0.717, 1.165) is 11.1 Å². The highest BCUT2D eigenvalue weighted by atomic mass is 16.8. The zero-order valence-corrected chi connectivity index (χ0v) is 15.8. The largest absolute Gasteiger partial charge is 0.429 e. The van der Waals surface area contributed by atoms with Gasteiger partial charge in [0, 0.05) is 11.3 Å². The first-order valence-corrected chi connectivity index (χ1v) is 9.50. The molecule has 2 saturated heterocycles. The van der Waals surface area contributed by atoms with E-state index in [9.17, 15) is 9.59 Å². The van der Waals surface area contributed by atoms with Crippen LogP contribution in [0, 0.1) is 6.92 Å². The summed E-state index contributed by atoms with van der Waals surface area (Å²) in [6.45, 7) is 1.95. The van der Waals surface area contributed by atoms with Gasteiger partial charge in [0.2, 0.25) is 6.29 Å². The highest BCUT2D eigenvalue weighted by Crippen LogP contribution is 2.54. The van der Waals surface area contributed by atoms with Gasteiger partial charge in [0.1, 0.15) is 6.04 Å². The smallest absolute Gasteiger partial charge is 0.353 e. The summed E-state index contributed by atoms with van der Waals surface area (Å²) < 4.78 is 11.7. The zero-order chi connectivity index (χ0) is 20.0. The summed E-state index contributed by atoms with van der Waals surface area (Å²) in [5.41, 5.74) is 1.60. The standard InChI is InChI=1S/C24H19NO4/c1-16-9-8-12-18(15-16)21-28-23(27)24(29-21)20(17-10-4-2-5-11-17)25(22(24)26)19-13-6-3-7-14-19/h2-15,20-21H,1H3/t20-,21-,24-/m0/s1. The minimum atomic E-state index is -1.67. The molecule has 0 radical (unpaired) electrons. The third kappa shape index (κ3) is 2.58. The Bertz CT molecular complexity index is 1080. The number of benzene rings is 3. The molecule has 0 saturated carbocycles. The van der Waals surface area contributed by atoms with Crippen LogP contribution in [0.3, 0.4) is 0 Å². The van der Waals surface area contributed by atoms with Crippen LogP contribution in [0.25, 0.3) is 0 Å². The number of hydrogen-bond acceptors (Lipinski definition) is 4. The first-order valence-electron chi connectivity index (χ1n) is 9.50. The van der Waals surface area contributed by atoms with Crippen molar-refractivity contribution in [1.29, 1.82) is 0 Å². The fourth-order valence-corrected chi connectivity index (χ4v) is 4.10. The van der Waals surface area contributed by atoms with E-state index in [2.05, 4.69) is 0 Å². The van der Waals surface area contributed by atoms with Gasteiger partial charge in [-0.3, -0.25) is 9.69 Å². The lowest BCUT2D eigenvalue weighted by Crippen LogP contribution is -2.71. The number of carbonyl (C=O) groups is 2. The SMILES string of the molecule is Cc1cccc([C@H]2OC(=O)[C@@]3(O2)C(=O)N(c2ccccc2)[C@H]3c2ccccc2)c1. The number of β-lactam (4-membered cyclic amide) rings is 1. The molecule has 0 N–H and O–H groups in total. The van der Waals surface area contributed by atoms with E-state index in [4.69, 9.17) is 9.47 Å². The maximum absolute atomic E-state index is 13.3. The van der Waals surface area contributed by atoms with Crippen LogP contribution in [0.1, 0.15) is 29.0 Å². The van der Waals surface area contributed by atoms with Crippen molar-refractivity contribution < 1.29 is 19.1 Å². The Hall–Kier alpha value is -3.44. The van der Waals surface area contributed by atoms with Gasteiger partial charge < -0.3 is 9.47 Å². The average Bonchev–Trinajstić information content (AvgIpc) is 3.12. The van der Waals surface area contributed by atoms with Gasteiger partial charge in [-0.25, -0.2) is 4.79 Å². The first kappa shape index (κ1) is 17.6. The van der Waals surface area contributed by atoms with Crippen LogP contribution in [0.4, 0.5) is 5.69 Å². The Morgan fingerprint density at radius 3 is 2.17 bits per heavy atom. The first-order chi connectivity index (χ1) is 14.1. The highest BCUT2D eigenvalue weighted by molar-refractivity contribution is 6.21. The quantitative estimate of drug-likeness (QED) is 0.387. The number of ether oxygens (including phenoxy) is 2. The molecule has 0 bridgehead atoms. The number of nitrogens with zero attached hydrogens (tertiary/aromatic N) is 1. The number of esters is 1. The molecular weight excluding hydrogens is 366 g/mol. The molecule has 2 fully saturated rings. The summed E-state index contributed by atoms with van der Waals surface area (Å²) in [5, 5.41) is 0. The van der Waals surface area contributed by atoms with Gasteiger partial charge in [0.15, 0.2) is 0 Å². The van der Waals surface area contributed by atoms with Crippen LogP contribution < -0.4 is 4.90 Å². The molecule has 0 aliphatic carbocycles. The van der Waals surface area contributed by atoms with Gasteiger partial charge in [0.25, 0.3) is 11.5 Å². The number of anilines is 1. The predicted molar refractivity (Wildman–Crippen MR) is 107 cm³/mol. The summed E-state index contributed by atoms with van der Waals surface area (Å²) in [7, 11) is 0. The van der Waals surface area contributed by atoms with Gasteiger partial charge in [-0.05, 0) is 30.7 Å². The van der Waals surface area contributed by atoms with Crippen molar-refractivity contribution in [1.82, 2.24) is 0 Å². The van der Waals surface area contributed by atoms with E-state index >= 15 is 0 Å². The van der Waals surface area contributed by atoms with Crippen molar-refractivity contribution in [3.63, 3.8) is 0 Å². The lowest BCUT2D eigenvalue weighted by molar-refractivity contribution is -0.168. The van der Waals surface area contributed by atoms with Crippen molar-refractivity contribution in [2.24, 2.45) is 0 Å². The number of amides is 1. The second-order valence-corrected chi connectivity index (χ2v) is 7.33. The molecule has 3 aromatic rings. The Morgan fingerprint density at radius 2 is 1.48 bits per heavy atom. The van der Waals surface area contributed by atoms with E-state index < -0.39 is 29.8 Å². The van der Waals surface area contributed by atoms with Gasteiger partial charge in [-0.15, -0.1) is 0 Å². The van der Waals surface area contributed by atoms with E-state index in [1.54, 1.807) is 4.90 Å². The Balaban J connectivity index is 1.58. The van der Waals surface area contributed by atoms with E-state index in [0.29, 0.717) is 11.3 Å². The highest BCUT2D eigenvalue weighted by Gasteiger charge is 2.73. The second kappa shape index (κ2) is 6.57. The molecule has 2 aliphatic heterocycles.